The van der Waals surface area contributed by atoms with Crippen molar-refractivity contribution < 1.29 is 0 Å². The van der Waals surface area contributed by atoms with Gasteiger partial charge in [-0.2, -0.15) is 0 Å². The minimum absolute atomic E-state index is 0. The zero-order valence-electron chi connectivity index (χ0n) is 14.4. The summed E-state index contributed by atoms with van der Waals surface area (Å²) in [7, 11) is 2.16. The number of hydrogen-bond donors (Lipinski definition) is 1. The average Bonchev–Trinajstić information content (AvgIpc) is 2.53. The van der Waals surface area contributed by atoms with E-state index in [0.29, 0.717) is 0 Å². The van der Waals surface area contributed by atoms with Crippen molar-refractivity contribution in [2.75, 3.05) is 33.2 Å². The van der Waals surface area contributed by atoms with Gasteiger partial charge in [-0.1, -0.05) is 37.3 Å². The van der Waals surface area contributed by atoms with Crippen LogP contribution in [0.5, 0.6) is 0 Å². The highest BCUT2D eigenvalue weighted by molar-refractivity contribution is 14.0. The van der Waals surface area contributed by atoms with Crippen molar-refractivity contribution in [3.05, 3.63) is 35.9 Å². The second kappa shape index (κ2) is 10.9. The van der Waals surface area contributed by atoms with Crippen molar-refractivity contribution in [3.63, 3.8) is 0 Å². The number of guanidine groups is 1. The fourth-order valence-electron chi connectivity index (χ4n) is 2.85. The van der Waals surface area contributed by atoms with Gasteiger partial charge in [0.15, 0.2) is 5.96 Å². The first-order valence-corrected chi connectivity index (χ1v) is 8.42. The highest BCUT2D eigenvalue weighted by Crippen LogP contribution is 2.15. The second-order valence-corrected chi connectivity index (χ2v) is 6.49. The first-order chi connectivity index (χ1) is 10.6. The van der Waals surface area contributed by atoms with Gasteiger partial charge in [0.1, 0.15) is 0 Å². The van der Waals surface area contributed by atoms with Crippen molar-refractivity contribution in [1.29, 1.82) is 0 Å². The molecule has 1 aliphatic heterocycles. The Balaban J connectivity index is 0.00000264. The van der Waals surface area contributed by atoms with Crippen molar-refractivity contribution >= 4 is 29.9 Å². The summed E-state index contributed by atoms with van der Waals surface area (Å²) in [6.07, 6.45) is 3.51. The molecule has 5 heteroatoms. The lowest BCUT2D eigenvalue weighted by Gasteiger charge is -2.31. The lowest BCUT2D eigenvalue weighted by atomic mass is 10.00. The maximum absolute atomic E-state index is 6.10. The first-order valence-electron chi connectivity index (χ1n) is 8.42. The zero-order valence-corrected chi connectivity index (χ0v) is 16.8. The summed E-state index contributed by atoms with van der Waals surface area (Å²) in [6, 6.07) is 10.6. The van der Waals surface area contributed by atoms with Gasteiger partial charge in [0.25, 0.3) is 0 Å². The minimum Gasteiger partial charge on any atom is -0.370 e. The molecule has 4 nitrogen and oxygen atoms in total. The van der Waals surface area contributed by atoms with E-state index in [1.165, 1.54) is 18.4 Å². The third-order valence-electron chi connectivity index (χ3n) is 4.37. The van der Waals surface area contributed by atoms with Gasteiger partial charge in [0, 0.05) is 26.2 Å². The third-order valence-corrected chi connectivity index (χ3v) is 4.37. The molecule has 2 rings (SSSR count). The number of likely N-dealkylation sites (tertiary alicyclic amines) is 1. The maximum Gasteiger partial charge on any atom is 0.191 e. The van der Waals surface area contributed by atoms with Gasteiger partial charge in [-0.05, 0) is 44.3 Å². The number of hydrogen-bond acceptors (Lipinski definition) is 2. The Morgan fingerprint density at radius 3 is 2.57 bits per heavy atom. The predicted molar refractivity (Wildman–Crippen MR) is 109 cm³/mol. The molecule has 1 aromatic rings. The molecule has 23 heavy (non-hydrogen) atoms. The summed E-state index contributed by atoms with van der Waals surface area (Å²) in [6.45, 7) is 7.28. The molecular weight excluding hydrogens is 399 g/mol. The van der Waals surface area contributed by atoms with Crippen LogP contribution in [-0.2, 0) is 6.54 Å². The Morgan fingerprint density at radius 2 is 1.91 bits per heavy atom. The smallest absolute Gasteiger partial charge is 0.191 e. The van der Waals surface area contributed by atoms with Crippen molar-refractivity contribution in [3.8, 4) is 0 Å². The SMILES string of the molecule is CC1CCN(C(N)=NCCCN(C)Cc2ccccc2)CC1.I. The molecule has 1 aliphatic rings. The van der Waals surface area contributed by atoms with Crippen LogP contribution in [0.3, 0.4) is 0 Å². The Morgan fingerprint density at radius 1 is 1.26 bits per heavy atom. The number of nitrogens with two attached hydrogens (primary N) is 1. The number of rotatable bonds is 6. The molecule has 1 heterocycles. The maximum atomic E-state index is 6.10. The number of halogens is 1. The lowest BCUT2D eigenvalue weighted by Crippen LogP contribution is -2.42. The topological polar surface area (TPSA) is 44.9 Å². The van der Waals surface area contributed by atoms with Crippen molar-refractivity contribution in [1.82, 2.24) is 9.80 Å². The molecule has 0 saturated carbocycles. The molecule has 0 aromatic heterocycles. The predicted octanol–water partition coefficient (Wildman–Crippen LogP) is 3.17. The Bertz CT molecular complexity index is 455. The van der Waals surface area contributed by atoms with E-state index in [-0.39, 0.29) is 24.0 Å². The van der Waals surface area contributed by atoms with Crippen LogP contribution >= 0.6 is 24.0 Å². The van der Waals surface area contributed by atoms with E-state index in [2.05, 4.69) is 59.1 Å². The van der Waals surface area contributed by atoms with Gasteiger partial charge in [-0.3, -0.25) is 4.99 Å². The summed E-state index contributed by atoms with van der Waals surface area (Å²) >= 11 is 0. The van der Waals surface area contributed by atoms with Crippen molar-refractivity contribution in [2.45, 2.75) is 32.7 Å². The molecular formula is C18H31IN4. The largest absolute Gasteiger partial charge is 0.370 e. The molecule has 1 aromatic carbocycles. The second-order valence-electron chi connectivity index (χ2n) is 6.49. The summed E-state index contributed by atoms with van der Waals surface area (Å²) in [5.74, 6) is 1.56. The third kappa shape index (κ3) is 7.52. The molecule has 0 amide bonds. The molecule has 0 atom stereocenters. The fraction of sp³-hybridized carbons (Fsp3) is 0.611. The minimum atomic E-state index is 0. The zero-order chi connectivity index (χ0) is 15.8. The lowest BCUT2D eigenvalue weighted by molar-refractivity contribution is 0.277. The Kier molecular flexibility index (Phi) is 9.55. The van der Waals surface area contributed by atoms with Gasteiger partial charge in [0.2, 0.25) is 0 Å². The van der Waals surface area contributed by atoms with E-state index < -0.39 is 0 Å². The number of benzene rings is 1. The van der Waals surface area contributed by atoms with Crippen LogP contribution in [0.25, 0.3) is 0 Å². The van der Waals surface area contributed by atoms with E-state index in [0.717, 1.165) is 51.0 Å². The van der Waals surface area contributed by atoms with Crippen LogP contribution in [0.15, 0.2) is 35.3 Å². The molecule has 0 aliphatic carbocycles. The van der Waals surface area contributed by atoms with Crippen LogP contribution in [0, 0.1) is 5.92 Å². The first kappa shape index (κ1) is 20.2. The van der Waals surface area contributed by atoms with E-state index in [9.17, 15) is 0 Å². The van der Waals surface area contributed by atoms with Crippen LogP contribution in [0.1, 0.15) is 31.7 Å². The fourth-order valence-corrected chi connectivity index (χ4v) is 2.85. The summed E-state index contributed by atoms with van der Waals surface area (Å²) in [4.78, 5) is 9.11. The monoisotopic (exact) mass is 430 g/mol. The number of nitrogens with zero attached hydrogens (tertiary/aromatic N) is 3. The van der Waals surface area contributed by atoms with Crippen LogP contribution < -0.4 is 5.73 Å². The highest BCUT2D eigenvalue weighted by atomic mass is 127. The van der Waals surface area contributed by atoms with Crippen LogP contribution in [0.2, 0.25) is 0 Å². The Labute approximate surface area is 158 Å². The van der Waals surface area contributed by atoms with E-state index in [1.54, 1.807) is 0 Å². The molecule has 0 bridgehead atoms. The van der Waals surface area contributed by atoms with Crippen LogP contribution in [-0.4, -0.2) is 49.0 Å². The van der Waals surface area contributed by atoms with Crippen molar-refractivity contribution in [2.24, 2.45) is 16.6 Å². The van der Waals surface area contributed by atoms with Gasteiger partial charge in [-0.25, -0.2) is 0 Å². The summed E-state index contributed by atoms with van der Waals surface area (Å²) in [5.41, 5.74) is 7.45. The van der Waals surface area contributed by atoms with E-state index in [4.69, 9.17) is 5.73 Å². The number of piperidine rings is 1. The van der Waals surface area contributed by atoms with E-state index >= 15 is 0 Å². The van der Waals surface area contributed by atoms with E-state index in [1.807, 2.05) is 0 Å². The molecule has 0 spiro atoms. The average molecular weight is 430 g/mol. The number of aliphatic imine (C=N–C) groups is 1. The van der Waals surface area contributed by atoms with Gasteiger partial charge < -0.3 is 15.5 Å². The molecule has 0 radical (unpaired) electrons. The van der Waals surface area contributed by atoms with Gasteiger partial charge >= 0.3 is 0 Å². The molecule has 130 valence electrons. The molecule has 1 saturated heterocycles. The van der Waals surface area contributed by atoms with Gasteiger partial charge in [-0.15, -0.1) is 24.0 Å². The molecule has 2 N–H and O–H groups in total. The van der Waals surface area contributed by atoms with Crippen LogP contribution in [0.4, 0.5) is 0 Å². The molecule has 1 fully saturated rings. The standard InChI is InChI=1S/C18H30N4.HI/c1-16-9-13-22(14-10-16)18(19)20-11-6-12-21(2)15-17-7-4-3-5-8-17;/h3-5,7-8,16H,6,9-15H2,1-2H3,(H2,19,20);1H. The Hall–Kier alpha value is -0.820. The highest BCUT2D eigenvalue weighted by Gasteiger charge is 2.16. The normalized spacial score (nSPS) is 16.5. The van der Waals surface area contributed by atoms with Gasteiger partial charge in [0.05, 0.1) is 0 Å². The molecule has 0 unspecified atom stereocenters. The quantitative estimate of drug-likeness (QED) is 0.326. The summed E-state index contributed by atoms with van der Waals surface area (Å²) < 4.78 is 0. The summed E-state index contributed by atoms with van der Waals surface area (Å²) in [5, 5.41) is 0.